The van der Waals surface area contributed by atoms with E-state index < -0.39 is 0 Å². The van der Waals surface area contributed by atoms with Gasteiger partial charge >= 0.3 is 0 Å². The Morgan fingerprint density at radius 1 is 1.32 bits per heavy atom. The van der Waals surface area contributed by atoms with Gasteiger partial charge in [-0.05, 0) is 31.2 Å². The molecular weight excluding hydrogens is 240 g/mol. The molecule has 0 saturated carbocycles. The Morgan fingerprint density at radius 3 is 3.05 bits per heavy atom. The van der Waals surface area contributed by atoms with Crippen LogP contribution in [0, 0.1) is 5.92 Å². The number of methoxy groups -OCH3 is 1. The normalized spacial score (nSPS) is 18.7. The van der Waals surface area contributed by atoms with Crippen LogP contribution in [0.15, 0.2) is 30.5 Å². The van der Waals surface area contributed by atoms with Crippen molar-refractivity contribution in [3.63, 3.8) is 0 Å². The third-order valence-electron chi connectivity index (χ3n) is 3.57. The van der Waals surface area contributed by atoms with Crippen molar-refractivity contribution in [2.45, 2.75) is 6.42 Å². The Balaban J connectivity index is 1.86. The smallest absolute Gasteiger partial charge is 0.221 e. The highest BCUT2D eigenvalue weighted by Gasteiger charge is 2.16. The third-order valence-corrected chi connectivity index (χ3v) is 3.57. The van der Waals surface area contributed by atoms with E-state index in [1.54, 1.807) is 13.3 Å². The first-order valence-electron chi connectivity index (χ1n) is 6.63. The van der Waals surface area contributed by atoms with Crippen molar-refractivity contribution in [1.29, 1.82) is 0 Å². The molecule has 1 unspecified atom stereocenters. The van der Waals surface area contributed by atoms with Gasteiger partial charge in [0.1, 0.15) is 5.75 Å². The second-order valence-electron chi connectivity index (χ2n) is 4.84. The van der Waals surface area contributed by atoms with Crippen LogP contribution in [0.2, 0.25) is 0 Å². The van der Waals surface area contributed by atoms with Crippen molar-refractivity contribution in [3.05, 3.63) is 30.5 Å². The number of ether oxygens (including phenoxy) is 2. The van der Waals surface area contributed by atoms with E-state index in [-0.39, 0.29) is 0 Å². The van der Waals surface area contributed by atoms with Gasteiger partial charge in [-0.3, -0.25) is 0 Å². The Kier molecular flexibility index (Phi) is 3.51. The van der Waals surface area contributed by atoms with Crippen LogP contribution in [0.25, 0.3) is 10.8 Å². The van der Waals surface area contributed by atoms with Crippen LogP contribution in [0.1, 0.15) is 6.42 Å². The van der Waals surface area contributed by atoms with E-state index >= 15 is 0 Å². The summed E-state index contributed by atoms with van der Waals surface area (Å²) in [6, 6.07) is 7.89. The first kappa shape index (κ1) is 12.2. The zero-order valence-electron chi connectivity index (χ0n) is 11.1. The number of hydrogen-bond acceptors (Lipinski definition) is 4. The predicted octanol–water partition coefficient (Wildman–Crippen LogP) is 2.23. The largest absolute Gasteiger partial charge is 0.496 e. The molecular formula is C15H18N2O2. The maximum Gasteiger partial charge on any atom is 0.221 e. The van der Waals surface area contributed by atoms with Gasteiger partial charge in [0, 0.05) is 29.4 Å². The van der Waals surface area contributed by atoms with Gasteiger partial charge in [-0.2, -0.15) is 0 Å². The molecule has 1 aromatic heterocycles. The summed E-state index contributed by atoms with van der Waals surface area (Å²) in [5.74, 6) is 2.14. The van der Waals surface area contributed by atoms with E-state index in [9.17, 15) is 0 Å². The molecule has 1 atom stereocenters. The molecule has 4 heteroatoms. The number of aromatic nitrogens is 1. The molecule has 1 aromatic carbocycles. The van der Waals surface area contributed by atoms with Crippen molar-refractivity contribution in [3.8, 4) is 11.6 Å². The summed E-state index contributed by atoms with van der Waals surface area (Å²) in [7, 11) is 1.68. The summed E-state index contributed by atoms with van der Waals surface area (Å²) in [5, 5.41) is 5.39. The molecule has 2 heterocycles. The summed E-state index contributed by atoms with van der Waals surface area (Å²) in [5.41, 5.74) is 0. The summed E-state index contributed by atoms with van der Waals surface area (Å²) >= 11 is 0. The number of nitrogens with zero attached hydrogens (tertiary/aromatic N) is 1. The molecule has 1 fully saturated rings. The van der Waals surface area contributed by atoms with Gasteiger partial charge in [0.25, 0.3) is 0 Å². The molecule has 0 aliphatic carbocycles. The molecule has 1 N–H and O–H groups in total. The Morgan fingerprint density at radius 2 is 2.26 bits per heavy atom. The van der Waals surface area contributed by atoms with Crippen LogP contribution in [-0.2, 0) is 0 Å². The molecule has 0 amide bonds. The van der Waals surface area contributed by atoms with E-state index in [4.69, 9.17) is 9.47 Å². The van der Waals surface area contributed by atoms with Crippen molar-refractivity contribution >= 4 is 10.8 Å². The fourth-order valence-corrected chi connectivity index (χ4v) is 2.50. The minimum absolute atomic E-state index is 0.586. The van der Waals surface area contributed by atoms with Gasteiger partial charge in [0.15, 0.2) is 0 Å². The van der Waals surface area contributed by atoms with E-state index in [0.717, 1.165) is 36.2 Å². The molecule has 0 radical (unpaired) electrons. The van der Waals surface area contributed by atoms with Gasteiger partial charge in [-0.25, -0.2) is 4.98 Å². The van der Waals surface area contributed by atoms with Crippen molar-refractivity contribution in [1.82, 2.24) is 10.3 Å². The van der Waals surface area contributed by atoms with E-state index in [1.165, 1.54) is 6.42 Å². The topological polar surface area (TPSA) is 43.4 Å². The highest BCUT2D eigenvalue weighted by Crippen LogP contribution is 2.30. The number of rotatable bonds is 4. The van der Waals surface area contributed by atoms with Gasteiger partial charge in [0.2, 0.25) is 5.88 Å². The molecule has 100 valence electrons. The van der Waals surface area contributed by atoms with Crippen LogP contribution in [0.5, 0.6) is 11.6 Å². The minimum Gasteiger partial charge on any atom is -0.496 e. The van der Waals surface area contributed by atoms with Crippen molar-refractivity contribution in [2.75, 3.05) is 26.8 Å². The van der Waals surface area contributed by atoms with Gasteiger partial charge < -0.3 is 14.8 Å². The summed E-state index contributed by atoms with van der Waals surface area (Å²) in [6.07, 6.45) is 2.95. The summed E-state index contributed by atoms with van der Waals surface area (Å²) in [6.45, 7) is 2.84. The Labute approximate surface area is 112 Å². The zero-order chi connectivity index (χ0) is 13.1. The second kappa shape index (κ2) is 5.45. The van der Waals surface area contributed by atoms with E-state index in [2.05, 4.69) is 10.3 Å². The highest BCUT2D eigenvalue weighted by atomic mass is 16.5. The van der Waals surface area contributed by atoms with Gasteiger partial charge in [-0.1, -0.05) is 6.07 Å². The van der Waals surface area contributed by atoms with Crippen LogP contribution in [-0.4, -0.2) is 31.8 Å². The minimum atomic E-state index is 0.586. The Hall–Kier alpha value is -1.81. The zero-order valence-corrected chi connectivity index (χ0v) is 11.1. The molecule has 0 bridgehead atoms. The lowest BCUT2D eigenvalue weighted by atomic mass is 10.1. The maximum atomic E-state index is 5.90. The highest BCUT2D eigenvalue weighted by molar-refractivity contribution is 5.91. The second-order valence-corrected chi connectivity index (χ2v) is 4.84. The molecule has 1 saturated heterocycles. The third kappa shape index (κ3) is 2.49. The molecule has 4 nitrogen and oxygen atoms in total. The molecule has 1 aliphatic heterocycles. The monoisotopic (exact) mass is 258 g/mol. The van der Waals surface area contributed by atoms with Crippen molar-refractivity contribution in [2.24, 2.45) is 5.92 Å². The number of pyridine rings is 1. The number of nitrogens with one attached hydrogen (secondary N) is 1. The predicted molar refractivity (Wildman–Crippen MR) is 74.8 cm³/mol. The fraction of sp³-hybridized carbons (Fsp3) is 0.400. The summed E-state index contributed by atoms with van der Waals surface area (Å²) < 4.78 is 11.3. The van der Waals surface area contributed by atoms with Gasteiger partial charge in [0.05, 0.1) is 13.7 Å². The van der Waals surface area contributed by atoms with Crippen LogP contribution in [0.4, 0.5) is 0 Å². The van der Waals surface area contributed by atoms with E-state index in [1.807, 2.05) is 24.3 Å². The number of hydrogen-bond donors (Lipinski definition) is 1. The molecule has 3 rings (SSSR count). The summed E-state index contributed by atoms with van der Waals surface area (Å²) in [4.78, 5) is 4.35. The molecule has 2 aromatic rings. The standard InChI is InChI=1S/C15H18N2O2/c1-18-14-4-2-3-13-12(14)6-8-17-15(13)19-10-11-5-7-16-9-11/h2-4,6,8,11,16H,5,7,9-10H2,1H3. The van der Waals surface area contributed by atoms with Gasteiger partial charge in [-0.15, -0.1) is 0 Å². The average Bonchev–Trinajstić information content (AvgIpc) is 2.97. The molecule has 19 heavy (non-hydrogen) atoms. The van der Waals surface area contributed by atoms with Crippen LogP contribution < -0.4 is 14.8 Å². The molecule has 0 spiro atoms. The first-order valence-corrected chi connectivity index (χ1v) is 6.63. The first-order chi connectivity index (χ1) is 9.38. The molecule has 1 aliphatic rings. The lowest BCUT2D eigenvalue weighted by molar-refractivity contribution is 0.254. The SMILES string of the molecule is COc1cccc2c(OCC3CCNC3)nccc12. The average molecular weight is 258 g/mol. The number of fused-ring (bicyclic) bond motifs is 1. The lowest BCUT2D eigenvalue weighted by Gasteiger charge is -2.12. The quantitative estimate of drug-likeness (QED) is 0.913. The number of benzene rings is 1. The Bertz CT molecular complexity index is 565. The fourth-order valence-electron chi connectivity index (χ4n) is 2.50. The maximum absolute atomic E-state index is 5.90. The van der Waals surface area contributed by atoms with Crippen LogP contribution in [0.3, 0.4) is 0 Å². The van der Waals surface area contributed by atoms with E-state index in [0.29, 0.717) is 11.8 Å². The van der Waals surface area contributed by atoms with Crippen molar-refractivity contribution < 1.29 is 9.47 Å². The lowest BCUT2D eigenvalue weighted by Crippen LogP contribution is -2.15. The van der Waals surface area contributed by atoms with Crippen LogP contribution >= 0.6 is 0 Å².